The third kappa shape index (κ3) is 1.51. The predicted molar refractivity (Wildman–Crippen MR) is 78.1 cm³/mol. The molecular weight excluding hydrogens is 232 g/mol. The minimum Gasteiger partial charge on any atom is -0.393 e. The monoisotopic (exact) mass is 252 g/mol. The Morgan fingerprint density at radius 2 is 1.84 bits per heavy atom. The highest BCUT2D eigenvalue weighted by Crippen LogP contribution is 2.57. The van der Waals surface area contributed by atoms with E-state index in [9.17, 15) is 5.11 Å². The topological polar surface area (TPSA) is 20.2 Å². The molecule has 2 aromatic carbocycles. The van der Waals surface area contributed by atoms with Crippen LogP contribution in [0.2, 0.25) is 0 Å². The van der Waals surface area contributed by atoms with E-state index in [4.69, 9.17) is 0 Å². The van der Waals surface area contributed by atoms with Gasteiger partial charge >= 0.3 is 0 Å². The fourth-order valence-corrected chi connectivity index (χ4v) is 4.61. The van der Waals surface area contributed by atoms with E-state index in [-0.39, 0.29) is 11.5 Å². The second kappa shape index (κ2) is 3.83. The van der Waals surface area contributed by atoms with E-state index >= 15 is 0 Å². The highest BCUT2D eigenvalue weighted by molar-refractivity contribution is 5.86. The number of hydrogen-bond acceptors (Lipinski definition) is 1. The van der Waals surface area contributed by atoms with Crippen LogP contribution in [0.25, 0.3) is 10.8 Å². The molecule has 0 radical (unpaired) electrons. The first-order chi connectivity index (χ1) is 9.18. The lowest BCUT2D eigenvalue weighted by atomic mass is 9.68. The van der Waals surface area contributed by atoms with E-state index < -0.39 is 0 Å². The van der Waals surface area contributed by atoms with E-state index in [2.05, 4.69) is 49.4 Å². The highest BCUT2D eigenvalue weighted by Gasteiger charge is 2.53. The van der Waals surface area contributed by atoms with Crippen molar-refractivity contribution in [3.8, 4) is 0 Å². The minimum atomic E-state index is -0.0481. The van der Waals surface area contributed by atoms with Crippen molar-refractivity contribution >= 4 is 10.8 Å². The van der Waals surface area contributed by atoms with Gasteiger partial charge in [0, 0.05) is 0 Å². The Balaban J connectivity index is 1.87. The molecule has 2 aliphatic rings. The average molecular weight is 252 g/mol. The standard InChI is InChI=1S/C18H20O/c1-18(11-13-9-14(18)10-17(13)19)16-8-4-6-12-5-2-3-7-15(12)16/h2-8,13-14,17,19H,9-11H2,1H3. The van der Waals surface area contributed by atoms with Gasteiger partial charge in [0.25, 0.3) is 0 Å². The molecule has 1 nitrogen and oxygen atoms in total. The molecule has 0 saturated heterocycles. The van der Waals surface area contributed by atoms with Crippen LogP contribution in [0.5, 0.6) is 0 Å². The summed E-state index contributed by atoms with van der Waals surface area (Å²) in [6.07, 6.45) is 3.30. The molecule has 2 aliphatic carbocycles. The second-order valence-electron chi connectivity index (χ2n) is 6.64. The van der Waals surface area contributed by atoms with Crippen molar-refractivity contribution < 1.29 is 5.11 Å². The normalized spacial score (nSPS) is 37.1. The molecule has 2 bridgehead atoms. The molecule has 2 saturated carbocycles. The van der Waals surface area contributed by atoms with E-state index in [0.717, 1.165) is 12.8 Å². The van der Waals surface area contributed by atoms with Crippen LogP contribution in [0, 0.1) is 11.8 Å². The van der Waals surface area contributed by atoms with E-state index in [1.807, 2.05) is 0 Å². The van der Waals surface area contributed by atoms with Crippen molar-refractivity contribution in [1.29, 1.82) is 0 Å². The molecule has 0 amide bonds. The van der Waals surface area contributed by atoms with Gasteiger partial charge in [-0.2, -0.15) is 0 Å². The lowest BCUT2D eigenvalue weighted by molar-refractivity contribution is 0.0882. The maximum Gasteiger partial charge on any atom is 0.0571 e. The summed E-state index contributed by atoms with van der Waals surface area (Å²) in [6, 6.07) is 15.4. The van der Waals surface area contributed by atoms with Gasteiger partial charge in [0.1, 0.15) is 0 Å². The summed E-state index contributed by atoms with van der Waals surface area (Å²) in [7, 11) is 0. The number of aliphatic hydroxyl groups excluding tert-OH is 1. The summed E-state index contributed by atoms with van der Waals surface area (Å²) in [4.78, 5) is 0. The summed E-state index contributed by atoms with van der Waals surface area (Å²) >= 11 is 0. The molecule has 2 aromatic rings. The first-order valence-corrected chi connectivity index (χ1v) is 7.35. The Morgan fingerprint density at radius 1 is 1.05 bits per heavy atom. The second-order valence-corrected chi connectivity index (χ2v) is 6.64. The lowest BCUT2D eigenvalue weighted by Crippen LogP contribution is -2.33. The Bertz CT molecular complexity index is 625. The predicted octanol–water partition coefficient (Wildman–Crippen LogP) is 3.89. The van der Waals surface area contributed by atoms with Gasteiger partial charge in [-0.3, -0.25) is 0 Å². The van der Waals surface area contributed by atoms with Crippen molar-refractivity contribution in [2.24, 2.45) is 11.8 Å². The van der Waals surface area contributed by atoms with Crippen LogP contribution < -0.4 is 0 Å². The van der Waals surface area contributed by atoms with Gasteiger partial charge in [-0.25, -0.2) is 0 Å². The summed E-state index contributed by atoms with van der Waals surface area (Å²) in [5.41, 5.74) is 1.75. The smallest absolute Gasteiger partial charge is 0.0571 e. The van der Waals surface area contributed by atoms with Crippen LogP contribution in [0.3, 0.4) is 0 Å². The Labute approximate surface area is 114 Å². The van der Waals surface area contributed by atoms with Gasteiger partial charge in [0.2, 0.25) is 0 Å². The lowest BCUT2D eigenvalue weighted by Gasteiger charge is -2.37. The Morgan fingerprint density at radius 3 is 2.58 bits per heavy atom. The van der Waals surface area contributed by atoms with Gasteiger partial charge in [-0.15, -0.1) is 0 Å². The zero-order valence-electron chi connectivity index (χ0n) is 11.3. The molecule has 0 spiro atoms. The van der Waals surface area contributed by atoms with Crippen LogP contribution in [-0.2, 0) is 5.41 Å². The first kappa shape index (κ1) is 11.5. The largest absolute Gasteiger partial charge is 0.393 e. The third-order valence-corrected chi connectivity index (χ3v) is 5.65. The molecule has 2 fully saturated rings. The van der Waals surface area contributed by atoms with Crippen molar-refractivity contribution in [1.82, 2.24) is 0 Å². The molecule has 0 heterocycles. The van der Waals surface area contributed by atoms with Gasteiger partial charge in [0.15, 0.2) is 0 Å². The molecular formula is C18H20O. The fourth-order valence-electron chi connectivity index (χ4n) is 4.61. The molecule has 98 valence electrons. The summed E-state index contributed by atoms with van der Waals surface area (Å²) in [5.74, 6) is 1.17. The zero-order chi connectivity index (χ0) is 13.0. The molecule has 1 N–H and O–H groups in total. The van der Waals surface area contributed by atoms with E-state index in [0.29, 0.717) is 11.8 Å². The van der Waals surface area contributed by atoms with Gasteiger partial charge in [-0.05, 0) is 52.8 Å². The number of aliphatic hydroxyl groups is 1. The van der Waals surface area contributed by atoms with Crippen LogP contribution in [-0.4, -0.2) is 11.2 Å². The quantitative estimate of drug-likeness (QED) is 0.816. The zero-order valence-corrected chi connectivity index (χ0v) is 11.3. The fraction of sp³-hybridized carbons (Fsp3) is 0.444. The van der Waals surface area contributed by atoms with Crippen molar-refractivity contribution in [2.45, 2.75) is 37.7 Å². The number of hydrogen-bond donors (Lipinski definition) is 1. The summed E-state index contributed by atoms with van der Waals surface area (Å²) in [5, 5.41) is 12.7. The molecule has 4 unspecified atom stereocenters. The average Bonchev–Trinajstić information content (AvgIpc) is 2.95. The Kier molecular flexibility index (Phi) is 2.32. The molecule has 0 aliphatic heterocycles. The maximum absolute atomic E-state index is 10.0. The highest BCUT2D eigenvalue weighted by atomic mass is 16.3. The summed E-state index contributed by atoms with van der Waals surface area (Å²) in [6.45, 7) is 2.41. The molecule has 1 heteroatoms. The van der Waals surface area contributed by atoms with E-state index in [1.54, 1.807) is 0 Å². The molecule has 19 heavy (non-hydrogen) atoms. The number of benzene rings is 2. The van der Waals surface area contributed by atoms with Crippen LogP contribution >= 0.6 is 0 Å². The third-order valence-electron chi connectivity index (χ3n) is 5.65. The SMILES string of the molecule is CC1(c2cccc3ccccc23)CC2CC1CC2O. The van der Waals surface area contributed by atoms with Gasteiger partial charge in [-0.1, -0.05) is 49.4 Å². The van der Waals surface area contributed by atoms with Crippen molar-refractivity contribution in [3.63, 3.8) is 0 Å². The van der Waals surface area contributed by atoms with Crippen LogP contribution in [0.15, 0.2) is 42.5 Å². The molecule has 0 aromatic heterocycles. The van der Waals surface area contributed by atoms with Gasteiger partial charge < -0.3 is 5.11 Å². The number of rotatable bonds is 1. The van der Waals surface area contributed by atoms with Crippen molar-refractivity contribution in [3.05, 3.63) is 48.0 Å². The Hall–Kier alpha value is -1.34. The number of fused-ring (bicyclic) bond motifs is 3. The van der Waals surface area contributed by atoms with Gasteiger partial charge in [0.05, 0.1) is 6.10 Å². The first-order valence-electron chi connectivity index (χ1n) is 7.35. The minimum absolute atomic E-state index is 0.0481. The summed E-state index contributed by atoms with van der Waals surface area (Å²) < 4.78 is 0. The molecule has 4 atom stereocenters. The molecule has 4 rings (SSSR count). The maximum atomic E-state index is 10.0. The van der Waals surface area contributed by atoms with Crippen molar-refractivity contribution in [2.75, 3.05) is 0 Å². The van der Waals surface area contributed by atoms with E-state index in [1.165, 1.54) is 22.8 Å². The van der Waals surface area contributed by atoms with Crippen LogP contribution in [0.4, 0.5) is 0 Å². The van der Waals surface area contributed by atoms with Crippen LogP contribution in [0.1, 0.15) is 31.7 Å².